The molecule has 0 unspecified atom stereocenters. The Morgan fingerprint density at radius 3 is 2.52 bits per heavy atom. The Hall–Kier alpha value is -2.62. The van der Waals surface area contributed by atoms with Gasteiger partial charge in [-0.1, -0.05) is 38.1 Å². The zero-order valence-electron chi connectivity index (χ0n) is 13.5. The number of hydrogen-bond donors (Lipinski definition) is 1. The maximum Gasteiger partial charge on any atom is 0.257 e. The minimum Gasteiger partial charge on any atom is -0.310 e. The molecule has 0 bridgehead atoms. The molecule has 23 heavy (non-hydrogen) atoms. The van der Waals surface area contributed by atoms with E-state index in [4.69, 9.17) is 0 Å². The zero-order valence-corrected chi connectivity index (χ0v) is 13.5. The molecule has 118 valence electrons. The number of amides is 1. The lowest BCUT2D eigenvalue weighted by Gasteiger charge is -2.09. The van der Waals surface area contributed by atoms with E-state index in [1.54, 1.807) is 0 Å². The van der Waals surface area contributed by atoms with Crippen LogP contribution in [0.2, 0.25) is 0 Å². The molecule has 0 fully saturated rings. The maximum atomic E-state index is 12.5. The van der Waals surface area contributed by atoms with Crippen LogP contribution < -0.4 is 5.32 Å². The molecule has 0 saturated heterocycles. The van der Waals surface area contributed by atoms with E-state index in [-0.39, 0.29) is 5.91 Å². The van der Waals surface area contributed by atoms with Gasteiger partial charge in [0.05, 0.1) is 11.0 Å². The monoisotopic (exact) mass is 307 g/mol. The molecule has 0 aliphatic heterocycles. The SMILES string of the molecule is CCCn1c(NC(=O)c2ccc(CC)cc2)nc2ccccc21. The summed E-state index contributed by atoms with van der Waals surface area (Å²) < 4.78 is 2.06. The molecule has 4 heteroatoms. The van der Waals surface area contributed by atoms with Crippen molar-refractivity contribution in [2.45, 2.75) is 33.2 Å². The summed E-state index contributed by atoms with van der Waals surface area (Å²) in [6, 6.07) is 15.7. The van der Waals surface area contributed by atoms with Crippen LogP contribution in [0.15, 0.2) is 48.5 Å². The Morgan fingerprint density at radius 1 is 1.09 bits per heavy atom. The van der Waals surface area contributed by atoms with Crippen molar-refractivity contribution >= 4 is 22.9 Å². The van der Waals surface area contributed by atoms with Crippen LogP contribution in [0.4, 0.5) is 5.95 Å². The van der Waals surface area contributed by atoms with Gasteiger partial charge in [-0.2, -0.15) is 0 Å². The van der Waals surface area contributed by atoms with Crippen LogP contribution in [0.5, 0.6) is 0 Å². The average molecular weight is 307 g/mol. The summed E-state index contributed by atoms with van der Waals surface area (Å²) in [6.07, 6.45) is 1.95. The summed E-state index contributed by atoms with van der Waals surface area (Å²) in [5.74, 6) is 0.484. The molecular formula is C19H21N3O. The number of fused-ring (bicyclic) bond motifs is 1. The number of para-hydroxylation sites is 2. The highest BCUT2D eigenvalue weighted by molar-refractivity contribution is 6.04. The van der Waals surface area contributed by atoms with Crippen LogP contribution in [0, 0.1) is 0 Å². The molecule has 1 amide bonds. The number of carbonyl (C=O) groups is 1. The lowest BCUT2D eigenvalue weighted by Crippen LogP contribution is -2.16. The van der Waals surface area contributed by atoms with Crippen LogP contribution in [0.25, 0.3) is 11.0 Å². The number of aromatic nitrogens is 2. The molecule has 3 aromatic rings. The molecule has 0 atom stereocenters. The fraction of sp³-hybridized carbons (Fsp3) is 0.263. The first-order valence-electron chi connectivity index (χ1n) is 8.08. The van der Waals surface area contributed by atoms with E-state index in [1.165, 1.54) is 5.56 Å². The van der Waals surface area contributed by atoms with Crippen molar-refractivity contribution in [2.75, 3.05) is 5.32 Å². The van der Waals surface area contributed by atoms with Crippen LogP contribution >= 0.6 is 0 Å². The molecule has 0 aliphatic rings. The highest BCUT2D eigenvalue weighted by Crippen LogP contribution is 2.20. The van der Waals surface area contributed by atoms with Gasteiger partial charge >= 0.3 is 0 Å². The number of anilines is 1. The predicted molar refractivity (Wildman–Crippen MR) is 93.8 cm³/mol. The van der Waals surface area contributed by atoms with Gasteiger partial charge in [-0.25, -0.2) is 4.98 Å². The first kappa shape index (κ1) is 15.3. The molecule has 0 spiro atoms. The summed E-state index contributed by atoms with van der Waals surface area (Å²) in [7, 11) is 0. The second-order valence-electron chi connectivity index (χ2n) is 5.58. The summed E-state index contributed by atoms with van der Waals surface area (Å²) in [6.45, 7) is 5.04. The highest BCUT2D eigenvalue weighted by atomic mass is 16.1. The van der Waals surface area contributed by atoms with E-state index in [0.717, 1.165) is 30.4 Å². The average Bonchev–Trinajstić information content (AvgIpc) is 2.93. The third kappa shape index (κ3) is 3.11. The quantitative estimate of drug-likeness (QED) is 0.765. The van der Waals surface area contributed by atoms with E-state index in [9.17, 15) is 4.79 Å². The van der Waals surface area contributed by atoms with Crippen LogP contribution in [0.3, 0.4) is 0 Å². The van der Waals surface area contributed by atoms with Crippen molar-refractivity contribution in [2.24, 2.45) is 0 Å². The minimum absolute atomic E-state index is 0.125. The predicted octanol–water partition coefficient (Wildman–Crippen LogP) is 4.26. The van der Waals surface area contributed by atoms with E-state index < -0.39 is 0 Å². The maximum absolute atomic E-state index is 12.5. The van der Waals surface area contributed by atoms with Crippen molar-refractivity contribution in [3.05, 3.63) is 59.7 Å². The molecule has 3 rings (SSSR count). The summed E-state index contributed by atoms with van der Waals surface area (Å²) in [4.78, 5) is 17.0. The van der Waals surface area contributed by atoms with Crippen molar-refractivity contribution in [1.29, 1.82) is 0 Å². The standard InChI is InChI=1S/C19H21N3O/c1-3-13-22-17-8-6-5-7-16(17)20-19(22)21-18(23)15-11-9-14(4-2)10-12-15/h5-12H,3-4,13H2,1-2H3,(H,20,21,23). The van der Waals surface area contributed by atoms with Gasteiger partial charge in [0.1, 0.15) is 0 Å². The molecule has 1 aromatic heterocycles. The first-order chi connectivity index (χ1) is 11.2. The van der Waals surface area contributed by atoms with Crippen LogP contribution in [-0.4, -0.2) is 15.5 Å². The number of nitrogens with zero attached hydrogens (tertiary/aromatic N) is 2. The molecule has 1 N–H and O–H groups in total. The number of carbonyl (C=O) groups excluding carboxylic acids is 1. The third-order valence-electron chi connectivity index (χ3n) is 3.95. The smallest absolute Gasteiger partial charge is 0.257 e. The highest BCUT2D eigenvalue weighted by Gasteiger charge is 2.13. The van der Waals surface area contributed by atoms with Crippen LogP contribution in [0.1, 0.15) is 36.2 Å². The van der Waals surface area contributed by atoms with Gasteiger partial charge in [-0.3, -0.25) is 10.1 Å². The van der Waals surface area contributed by atoms with Gasteiger partial charge in [0.2, 0.25) is 5.95 Å². The largest absolute Gasteiger partial charge is 0.310 e. The molecule has 0 radical (unpaired) electrons. The van der Waals surface area contributed by atoms with Gasteiger partial charge in [-0.05, 0) is 42.7 Å². The fourth-order valence-electron chi connectivity index (χ4n) is 2.69. The second-order valence-corrected chi connectivity index (χ2v) is 5.58. The van der Waals surface area contributed by atoms with Crippen molar-refractivity contribution < 1.29 is 4.79 Å². The fourth-order valence-corrected chi connectivity index (χ4v) is 2.69. The number of nitrogens with one attached hydrogen (secondary N) is 1. The van der Waals surface area contributed by atoms with Crippen molar-refractivity contribution in [1.82, 2.24) is 9.55 Å². The number of aryl methyl sites for hydroxylation is 2. The minimum atomic E-state index is -0.125. The van der Waals surface area contributed by atoms with E-state index >= 15 is 0 Å². The lowest BCUT2D eigenvalue weighted by atomic mass is 10.1. The molecule has 0 saturated carbocycles. The number of imidazole rings is 1. The zero-order chi connectivity index (χ0) is 16.2. The molecular weight excluding hydrogens is 286 g/mol. The summed E-state index contributed by atoms with van der Waals surface area (Å²) >= 11 is 0. The van der Waals surface area contributed by atoms with Gasteiger partial charge in [-0.15, -0.1) is 0 Å². The third-order valence-corrected chi connectivity index (χ3v) is 3.95. The first-order valence-corrected chi connectivity index (χ1v) is 8.08. The Labute approximate surface area is 136 Å². The number of rotatable bonds is 5. The Kier molecular flexibility index (Phi) is 4.42. The summed E-state index contributed by atoms with van der Waals surface area (Å²) in [5, 5.41) is 2.95. The van der Waals surface area contributed by atoms with Gasteiger partial charge in [0, 0.05) is 12.1 Å². The van der Waals surface area contributed by atoms with Crippen molar-refractivity contribution in [3.63, 3.8) is 0 Å². The topological polar surface area (TPSA) is 46.9 Å². The normalized spacial score (nSPS) is 10.9. The molecule has 4 nitrogen and oxygen atoms in total. The van der Waals surface area contributed by atoms with Gasteiger partial charge < -0.3 is 4.57 Å². The second kappa shape index (κ2) is 6.65. The Balaban J connectivity index is 1.90. The Bertz CT molecular complexity index is 818. The lowest BCUT2D eigenvalue weighted by molar-refractivity contribution is 0.102. The van der Waals surface area contributed by atoms with E-state index in [0.29, 0.717) is 11.5 Å². The molecule has 2 aromatic carbocycles. The molecule has 0 aliphatic carbocycles. The number of benzene rings is 2. The van der Waals surface area contributed by atoms with Gasteiger partial charge in [0.25, 0.3) is 5.91 Å². The van der Waals surface area contributed by atoms with E-state index in [1.807, 2.05) is 48.5 Å². The van der Waals surface area contributed by atoms with Crippen LogP contribution in [-0.2, 0) is 13.0 Å². The van der Waals surface area contributed by atoms with Gasteiger partial charge in [0.15, 0.2) is 0 Å². The van der Waals surface area contributed by atoms with E-state index in [2.05, 4.69) is 28.7 Å². The molecule has 1 heterocycles. The Morgan fingerprint density at radius 2 is 1.83 bits per heavy atom. The number of hydrogen-bond acceptors (Lipinski definition) is 2. The summed E-state index contributed by atoms with van der Waals surface area (Å²) in [5.41, 5.74) is 3.82. The van der Waals surface area contributed by atoms with Crippen molar-refractivity contribution in [3.8, 4) is 0 Å².